The first kappa shape index (κ1) is 13.9. The second kappa shape index (κ2) is 5.41. The summed E-state index contributed by atoms with van der Waals surface area (Å²) in [6, 6.07) is 5.94. The summed E-state index contributed by atoms with van der Waals surface area (Å²) in [4.78, 5) is 12.3. The van der Waals surface area contributed by atoms with Gasteiger partial charge in [-0.3, -0.25) is 9.13 Å². The molecule has 1 fully saturated rings. The van der Waals surface area contributed by atoms with Crippen LogP contribution in [-0.2, 0) is 6.54 Å². The summed E-state index contributed by atoms with van der Waals surface area (Å²) >= 11 is 0. The maximum Gasteiger partial charge on any atom is 0.328 e. The van der Waals surface area contributed by atoms with E-state index in [-0.39, 0.29) is 5.69 Å². The summed E-state index contributed by atoms with van der Waals surface area (Å²) in [6.45, 7) is 2.17. The number of hydrogen-bond donors (Lipinski definition) is 1. The predicted molar refractivity (Wildman–Crippen MR) is 79.7 cm³/mol. The molecule has 0 aliphatic heterocycles. The molecule has 1 aliphatic carbocycles. The molecule has 1 aromatic carbocycles. The van der Waals surface area contributed by atoms with Gasteiger partial charge in [0.2, 0.25) is 0 Å². The van der Waals surface area contributed by atoms with Gasteiger partial charge in [-0.25, -0.2) is 4.79 Å². The summed E-state index contributed by atoms with van der Waals surface area (Å²) in [5, 5.41) is 9.70. The van der Waals surface area contributed by atoms with E-state index in [1.165, 1.54) is 0 Å². The Kier molecular flexibility index (Phi) is 3.59. The SMILES string of the molecule is COc1ccc(C(C)O)cc1Cn1ccn(C2CC2)c1=O. The lowest BCUT2D eigenvalue weighted by atomic mass is 10.1. The lowest BCUT2D eigenvalue weighted by molar-refractivity contribution is 0.199. The quantitative estimate of drug-likeness (QED) is 0.916. The molecule has 1 unspecified atom stereocenters. The third-order valence-electron chi connectivity index (χ3n) is 3.94. The molecular formula is C16H20N2O3. The number of ether oxygens (including phenoxy) is 1. The van der Waals surface area contributed by atoms with Crippen LogP contribution >= 0.6 is 0 Å². The molecule has 2 aromatic rings. The minimum Gasteiger partial charge on any atom is -0.496 e. The van der Waals surface area contributed by atoms with E-state index in [2.05, 4.69) is 0 Å². The first-order valence-electron chi connectivity index (χ1n) is 7.22. The molecule has 0 saturated heterocycles. The highest BCUT2D eigenvalue weighted by atomic mass is 16.5. The third kappa shape index (κ3) is 2.74. The van der Waals surface area contributed by atoms with Crippen molar-refractivity contribution in [1.82, 2.24) is 9.13 Å². The summed E-state index contributed by atoms with van der Waals surface area (Å²) in [7, 11) is 1.61. The zero-order valence-corrected chi connectivity index (χ0v) is 12.3. The summed E-state index contributed by atoms with van der Waals surface area (Å²) in [6.07, 6.45) is 5.30. The van der Waals surface area contributed by atoms with Crippen molar-refractivity contribution in [2.75, 3.05) is 7.11 Å². The van der Waals surface area contributed by atoms with E-state index in [1.54, 1.807) is 23.2 Å². The van der Waals surface area contributed by atoms with Gasteiger partial charge in [-0.15, -0.1) is 0 Å². The minimum atomic E-state index is -0.539. The largest absolute Gasteiger partial charge is 0.496 e. The fourth-order valence-electron chi connectivity index (χ4n) is 2.54. The molecule has 0 amide bonds. The highest BCUT2D eigenvalue weighted by molar-refractivity contribution is 5.38. The highest BCUT2D eigenvalue weighted by Crippen LogP contribution is 2.33. The van der Waals surface area contributed by atoms with Crippen molar-refractivity contribution in [3.8, 4) is 5.75 Å². The maximum atomic E-state index is 12.3. The average molecular weight is 288 g/mol. The molecule has 5 nitrogen and oxygen atoms in total. The van der Waals surface area contributed by atoms with E-state index in [4.69, 9.17) is 4.74 Å². The number of benzene rings is 1. The van der Waals surface area contributed by atoms with Gasteiger partial charge in [0.25, 0.3) is 0 Å². The smallest absolute Gasteiger partial charge is 0.328 e. The number of imidazole rings is 1. The van der Waals surface area contributed by atoms with Crippen LogP contribution < -0.4 is 10.4 Å². The van der Waals surface area contributed by atoms with E-state index < -0.39 is 6.10 Å². The predicted octanol–water partition coefficient (Wildman–Crippen LogP) is 2.09. The molecule has 1 atom stereocenters. The second-order valence-corrected chi connectivity index (χ2v) is 5.59. The second-order valence-electron chi connectivity index (χ2n) is 5.59. The molecule has 1 heterocycles. The molecule has 1 saturated carbocycles. The van der Waals surface area contributed by atoms with Crippen molar-refractivity contribution >= 4 is 0 Å². The molecule has 0 radical (unpaired) electrons. The molecule has 3 rings (SSSR count). The normalized spacial score (nSPS) is 16.0. The number of methoxy groups -OCH3 is 1. The molecule has 5 heteroatoms. The first-order chi connectivity index (χ1) is 10.1. The Morgan fingerprint density at radius 3 is 2.76 bits per heavy atom. The Morgan fingerprint density at radius 1 is 1.38 bits per heavy atom. The van der Waals surface area contributed by atoms with Gasteiger partial charge in [0.1, 0.15) is 5.75 Å². The fourth-order valence-corrected chi connectivity index (χ4v) is 2.54. The molecule has 0 bridgehead atoms. The molecule has 1 aliphatic rings. The summed E-state index contributed by atoms with van der Waals surface area (Å²) in [5.74, 6) is 0.727. The Labute approximate surface area is 123 Å². The fraction of sp³-hybridized carbons (Fsp3) is 0.438. The van der Waals surface area contributed by atoms with Gasteiger partial charge in [0.15, 0.2) is 0 Å². The van der Waals surface area contributed by atoms with Crippen LogP contribution in [0.1, 0.15) is 43.0 Å². The van der Waals surface area contributed by atoms with Crippen LogP contribution in [0.5, 0.6) is 5.75 Å². The van der Waals surface area contributed by atoms with Gasteiger partial charge in [-0.1, -0.05) is 6.07 Å². The molecule has 21 heavy (non-hydrogen) atoms. The van der Waals surface area contributed by atoms with Gasteiger partial charge in [0, 0.05) is 24.0 Å². The Balaban J connectivity index is 1.93. The number of hydrogen-bond acceptors (Lipinski definition) is 3. The molecule has 1 N–H and O–H groups in total. The lowest BCUT2D eigenvalue weighted by Crippen LogP contribution is -2.24. The van der Waals surface area contributed by atoms with Crippen LogP contribution in [0, 0.1) is 0 Å². The summed E-state index contributed by atoms with van der Waals surface area (Å²) in [5.41, 5.74) is 1.73. The van der Waals surface area contributed by atoms with Gasteiger partial charge >= 0.3 is 5.69 Å². The van der Waals surface area contributed by atoms with Crippen molar-refractivity contribution in [1.29, 1.82) is 0 Å². The molecular weight excluding hydrogens is 268 g/mol. The van der Waals surface area contributed by atoms with Crippen LogP contribution in [0.4, 0.5) is 0 Å². The Hall–Kier alpha value is -2.01. The number of nitrogens with zero attached hydrogens (tertiary/aromatic N) is 2. The first-order valence-corrected chi connectivity index (χ1v) is 7.22. The van der Waals surface area contributed by atoms with Crippen LogP contribution in [0.2, 0.25) is 0 Å². The monoisotopic (exact) mass is 288 g/mol. The zero-order valence-electron chi connectivity index (χ0n) is 12.3. The van der Waals surface area contributed by atoms with Crippen molar-refractivity contribution in [2.24, 2.45) is 0 Å². The Bertz CT molecular complexity index is 696. The topological polar surface area (TPSA) is 56.4 Å². The van der Waals surface area contributed by atoms with E-state index in [1.807, 2.05) is 30.6 Å². The lowest BCUT2D eigenvalue weighted by Gasteiger charge is -2.12. The van der Waals surface area contributed by atoms with Gasteiger partial charge < -0.3 is 9.84 Å². The van der Waals surface area contributed by atoms with Crippen molar-refractivity contribution < 1.29 is 9.84 Å². The number of aliphatic hydroxyl groups is 1. The minimum absolute atomic E-state index is 0.0157. The van der Waals surface area contributed by atoms with E-state index in [9.17, 15) is 9.90 Å². The standard InChI is InChI=1S/C16H20N2O3/c1-11(19)12-3-6-15(21-2)13(9-12)10-17-7-8-18(16(17)20)14-4-5-14/h3,6-9,11,14,19H,4-5,10H2,1-2H3. The van der Waals surface area contributed by atoms with Crippen LogP contribution in [0.3, 0.4) is 0 Å². The van der Waals surface area contributed by atoms with Crippen molar-refractivity contribution in [3.05, 3.63) is 52.2 Å². The Morgan fingerprint density at radius 2 is 2.14 bits per heavy atom. The molecule has 0 spiro atoms. The van der Waals surface area contributed by atoms with Crippen LogP contribution in [-0.4, -0.2) is 21.4 Å². The average Bonchev–Trinajstić information content (AvgIpc) is 3.25. The van der Waals surface area contributed by atoms with Crippen molar-refractivity contribution in [3.63, 3.8) is 0 Å². The summed E-state index contributed by atoms with van der Waals surface area (Å²) < 4.78 is 8.83. The van der Waals surface area contributed by atoms with Crippen LogP contribution in [0.15, 0.2) is 35.4 Å². The van der Waals surface area contributed by atoms with E-state index in [0.717, 1.165) is 29.7 Å². The molecule has 112 valence electrons. The number of aliphatic hydroxyl groups excluding tert-OH is 1. The van der Waals surface area contributed by atoms with Gasteiger partial charge in [-0.2, -0.15) is 0 Å². The number of rotatable bonds is 5. The van der Waals surface area contributed by atoms with Gasteiger partial charge in [0.05, 0.1) is 19.8 Å². The third-order valence-corrected chi connectivity index (χ3v) is 3.94. The van der Waals surface area contributed by atoms with Crippen molar-refractivity contribution in [2.45, 2.75) is 38.5 Å². The highest BCUT2D eigenvalue weighted by Gasteiger charge is 2.25. The van der Waals surface area contributed by atoms with E-state index >= 15 is 0 Å². The van der Waals surface area contributed by atoms with E-state index in [0.29, 0.717) is 12.6 Å². The van der Waals surface area contributed by atoms with Gasteiger partial charge in [-0.05, 0) is 37.5 Å². The zero-order chi connectivity index (χ0) is 15.0. The molecule has 1 aromatic heterocycles. The number of aromatic nitrogens is 2. The van der Waals surface area contributed by atoms with Crippen LogP contribution in [0.25, 0.3) is 0 Å². The maximum absolute atomic E-state index is 12.3.